The first-order chi connectivity index (χ1) is 21.2. The molecule has 0 N–H and O–H groups in total. The Bertz CT molecular complexity index is 2090. The molecule has 2 aliphatic heterocycles. The van der Waals surface area contributed by atoms with Crippen LogP contribution in [0.25, 0.3) is 11.8 Å². The summed E-state index contributed by atoms with van der Waals surface area (Å²) in [6.45, 7) is 0.583. The summed E-state index contributed by atoms with van der Waals surface area (Å²) in [6.07, 6.45) is 3.74. The fourth-order valence-electron chi connectivity index (χ4n) is 5.95. The van der Waals surface area contributed by atoms with Crippen LogP contribution in [-0.4, -0.2) is 18.5 Å². The number of benzene rings is 3. The van der Waals surface area contributed by atoms with Gasteiger partial charge in [0.2, 0.25) is 6.79 Å². The third-order valence-electron chi connectivity index (χ3n) is 8.00. The molecule has 0 fully saturated rings. The molecule has 214 valence electrons. The molecule has 4 heterocycles. The van der Waals surface area contributed by atoms with Crippen LogP contribution in [-0.2, 0) is 13.0 Å². The van der Waals surface area contributed by atoms with Gasteiger partial charge in [0.25, 0.3) is 5.56 Å². The van der Waals surface area contributed by atoms with Crippen LogP contribution in [0, 0.1) is 0 Å². The van der Waals surface area contributed by atoms with Crippen LogP contribution >= 0.6 is 22.7 Å². The lowest BCUT2D eigenvalue weighted by Gasteiger charge is -2.30. The predicted molar refractivity (Wildman–Crippen MR) is 167 cm³/mol. The summed E-state index contributed by atoms with van der Waals surface area (Å²) in [4.78, 5) is 21.0. The minimum atomic E-state index is -0.150. The van der Waals surface area contributed by atoms with Crippen molar-refractivity contribution in [1.82, 2.24) is 4.57 Å². The summed E-state index contributed by atoms with van der Waals surface area (Å²) in [5.74, 6) is 2.66. The number of methoxy groups -OCH3 is 1. The summed E-state index contributed by atoms with van der Waals surface area (Å²) in [7, 11) is 1.61. The van der Waals surface area contributed by atoms with E-state index in [1.165, 1.54) is 28.0 Å². The standard InChI is InChI=1S/C34H26N2O5S2/c1-38-27-15-20(8-12-25(27)39-18-21-9-13-26-28(16-21)41-19-40-26)17-30-33(37)36-32(29-7-4-14-42-29)24-11-10-22-5-2-3-6-23(22)31(24)35-34(36)43-30/h2-9,12-17,32H,10-11,18-19H2,1H3/b30-17+/t32-/m1/s1. The highest BCUT2D eigenvalue weighted by molar-refractivity contribution is 7.10. The van der Waals surface area contributed by atoms with Crippen LogP contribution in [0.5, 0.6) is 23.0 Å². The van der Waals surface area contributed by atoms with Gasteiger partial charge in [-0.3, -0.25) is 9.36 Å². The summed E-state index contributed by atoms with van der Waals surface area (Å²) < 4.78 is 25.1. The number of nitrogens with zero attached hydrogens (tertiary/aromatic N) is 2. The van der Waals surface area contributed by atoms with Gasteiger partial charge >= 0.3 is 0 Å². The van der Waals surface area contributed by atoms with Gasteiger partial charge in [-0.05, 0) is 76.9 Å². The molecule has 0 amide bonds. The van der Waals surface area contributed by atoms with Crippen LogP contribution in [0.4, 0.5) is 0 Å². The lowest BCUT2D eigenvalue weighted by Crippen LogP contribution is -2.38. The maximum atomic E-state index is 14.0. The second-order valence-corrected chi connectivity index (χ2v) is 12.5. The quantitative estimate of drug-likeness (QED) is 0.248. The average molecular weight is 607 g/mol. The zero-order valence-corrected chi connectivity index (χ0v) is 24.9. The fourth-order valence-corrected chi connectivity index (χ4v) is 7.80. The topological polar surface area (TPSA) is 71.3 Å². The van der Waals surface area contributed by atoms with E-state index < -0.39 is 0 Å². The Morgan fingerprint density at radius 1 is 1.00 bits per heavy atom. The van der Waals surface area contributed by atoms with Gasteiger partial charge in [-0.25, -0.2) is 4.99 Å². The van der Waals surface area contributed by atoms with Gasteiger partial charge < -0.3 is 18.9 Å². The molecule has 0 saturated heterocycles. The molecule has 3 aromatic carbocycles. The first kappa shape index (κ1) is 26.1. The number of thiazole rings is 1. The van der Waals surface area contributed by atoms with E-state index in [0.717, 1.165) is 50.8 Å². The van der Waals surface area contributed by atoms with Crippen molar-refractivity contribution in [2.75, 3.05) is 13.9 Å². The van der Waals surface area contributed by atoms with E-state index in [2.05, 4.69) is 41.8 Å². The maximum Gasteiger partial charge on any atom is 0.271 e. The molecule has 0 unspecified atom stereocenters. The van der Waals surface area contributed by atoms with E-state index in [1.807, 2.05) is 47.0 Å². The van der Waals surface area contributed by atoms with Gasteiger partial charge in [-0.1, -0.05) is 53.8 Å². The van der Waals surface area contributed by atoms with E-state index in [4.69, 9.17) is 23.9 Å². The third-order valence-corrected chi connectivity index (χ3v) is 9.91. The minimum absolute atomic E-state index is 0.0327. The van der Waals surface area contributed by atoms with E-state index in [-0.39, 0.29) is 18.4 Å². The van der Waals surface area contributed by atoms with E-state index in [1.54, 1.807) is 18.4 Å². The van der Waals surface area contributed by atoms with E-state index >= 15 is 0 Å². The van der Waals surface area contributed by atoms with Gasteiger partial charge in [-0.2, -0.15) is 0 Å². The lowest BCUT2D eigenvalue weighted by molar-refractivity contribution is 0.174. The van der Waals surface area contributed by atoms with Crippen LogP contribution in [0.3, 0.4) is 0 Å². The second-order valence-electron chi connectivity index (χ2n) is 10.5. The monoisotopic (exact) mass is 606 g/mol. The molecule has 0 bridgehead atoms. The van der Waals surface area contributed by atoms with Crippen LogP contribution in [0.1, 0.15) is 39.6 Å². The second kappa shape index (κ2) is 10.6. The van der Waals surface area contributed by atoms with Crippen molar-refractivity contribution in [3.8, 4) is 23.0 Å². The molecule has 8 rings (SSSR count). The summed E-state index contributed by atoms with van der Waals surface area (Å²) in [5, 5.41) is 2.07. The highest BCUT2D eigenvalue weighted by Crippen LogP contribution is 2.42. The number of allylic oxidation sites excluding steroid dienone is 1. The Hall–Kier alpha value is -4.60. The first-order valence-corrected chi connectivity index (χ1v) is 15.7. The van der Waals surface area contributed by atoms with Crippen molar-refractivity contribution in [2.24, 2.45) is 4.99 Å². The van der Waals surface area contributed by atoms with Gasteiger partial charge in [-0.15, -0.1) is 11.3 Å². The lowest BCUT2D eigenvalue weighted by atomic mass is 9.85. The van der Waals surface area contributed by atoms with Crippen LogP contribution in [0.15, 0.2) is 93.5 Å². The van der Waals surface area contributed by atoms with Crippen LogP contribution in [0.2, 0.25) is 0 Å². The zero-order valence-electron chi connectivity index (χ0n) is 23.2. The highest BCUT2D eigenvalue weighted by atomic mass is 32.1. The molecule has 0 spiro atoms. The van der Waals surface area contributed by atoms with Crippen molar-refractivity contribution < 1.29 is 18.9 Å². The van der Waals surface area contributed by atoms with Crippen molar-refractivity contribution in [3.05, 3.63) is 131 Å². The Balaban J connectivity index is 1.15. The molecule has 9 heteroatoms. The van der Waals surface area contributed by atoms with E-state index in [0.29, 0.717) is 22.6 Å². The fraction of sp³-hybridized carbons (Fsp3) is 0.176. The number of hydrogen-bond acceptors (Lipinski definition) is 8. The number of hydrogen-bond donors (Lipinski definition) is 0. The largest absolute Gasteiger partial charge is 0.493 e. The Morgan fingerprint density at radius 2 is 1.91 bits per heavy atom. The zero-order chi connectivity index (χ0) is 28.9. The van der Waals surface area contributed by atoms with Gasteiger partial charge in [0.1, 0.15) is 6.61 Å². The Morgan fingerprint density at radius 3 is 2.79 bits per heavy atom. The minimum Gasteiger partial charge on any atom is -0.493 e. The highest BCUT2D eigenvalue weighted by Gasteiger charge is 2.33. The summed E-state index contributed by atoms with van der Waals surface area (Å²) in [5.41, 5.74) is 6.48. The van der Waals surface area contributed by atoms with Crippen LogP contribution < -0.4 is 33.8 Å². The molecule has 3 aliphatic rings. The number of fused-ring (bicyclic) bond motifs is 4. The summed E-state index contributed by atoms with van der Waals surface area (Å²) in [6, 6.07) is 24.0. The van der Waals surface area contributed by atoms with Crippen molar-refractivity contribution in [2.45, 2.75) is 25.5 Å². The molecule has 5 aromatic rings. The Labute approximate surface area is 255 Å². The van der Waals surface area contributed by atoms with Crippen molar-refractivity contribution in [3.63, 3.8) is 0 Å². The number of rotatable bonds is 6. The predicted octanol–water partition coefficient (Wildman–Crippen LogP) is 5.70. The normalized spacial score (nSPS) is 16.8. The number of aromatic nitrogens is 1. The molecular weight excluding hydrogens is 581 g/mol. The van der Waals surface area contributed by atoms with E-state index in [9.17, 15) is 4.79 Å². The smallest absolute Gasteiger partial charge is 0.271 e. The average Bonchev–Trinajstić information content (AvgIpc) is 3.80. The number of ether oxygens (including phenoxy) is 4. The first-order valence-electron chi connectivity index (χ1n) is 14.0. The molecule has 7 nitrogen and oxygen atoms in total. The van der Waals surface area contributed by atoms with Crippen molar-refractivity contribution in [1.29, 1.82) is 0 Å². The summed E-state index contributed by atoms with van der Waals surface area (Å²) >= 11 is 3.11. The molecular formula is C34H26N2O5S2. The van der Waals surface area contributed by atoms with Gasteiger partial charge in [0, 0.05) is 10.4 Å². The Kier molecular flexibility index (Phi) is 6.42. The van der Waals surface area contributed by atoms with Gasteiger partial charge in [0.05, 0.1) is 23.4 Å². The molecule has 2 aromatic heterocycles. The number of thiophene rings is 1. The maximum absolute atomic E-state index is 14.0. The molecule has 0 saturated carbocycles. The molecule has 1 atom stereocenters. The van der Waals surface area contributed by atoms with Crippen molar-refractivity contribution >= 4 is 34.4 Å². The molecule has 43 heavy (non-hydrogen) atoms. The SMILES string of the molecule is COc1cc(/C=c2/sc3n(c2=O)[C@@H](c2cccs2)C2=C(N=3)c3ccccc3CC2)ccc1OCc1ccc2c(c1)OCO2. The molecule has 0 radical (unpaired) electrons. The van der Waals surface area contributed by atoms with Gasteiger partial charge in [0.15, 0.2) is 27.8 Å². The molecule has 1 aliphatic carbocycles. The third kappa shape index (κ3) is 4.56. The number of aryl methyl sites for hydroxylation is 1.